The van der Waals surface area contributed by atoms with Crippen molar-refractivity contribution in [2.24, 2.45) is 0 Å². The van der Waals surface area contributed by atoms with E-state index in [1.165, 1.54) is 27.4 Å². The quantitative estimate of drug-likeness (QED) is 0.716. The number of nitrogens with one attached hydrogen (secondary N) is 1. The monoisotopic (exact) mass is 312 g/mol. The molecule has 1 aliphatic heterocycles. The zero-order valence-electron chi connectivity index (χ0n) is 12.3. The second-order valence-electron chi connectivity index (χ2n) is 5.28. The molecule has 0 radical (unpaired) electrons. The zero-order valence-corrected chi connectivity index (χ0v) is 13.1. The van der Waals surface area contributed by atoms with Crippen LogP contribution in [0.15, 0.2) is 23.1 Å². The molecule has 0 unspecified atom stereocenters. The van der Waals surface area contributed by atoms with Crippen LogP contribution in [0.4, 0.5) is 0 Å². The summed E-state index contributed by atoms with van der Waals surface area (Å²) >= 11 is 0. The van der Waals surface area contributed by atoms with Crippen LogP contribution < -0.4 is 10.0 Å². The molecule has 0 spiro atoms. The van der Waals surface area contributed by atoms with Gasteiger partial charge in [0.15, 0.2) is 0 Å². The van der Waals surface area contributed by atoms with Gasteiger partial charge in [0, 0.05) is 0 Å². The number of carbonyl (C=O) groups excluding carboxylic acids is 1. The van der Waals surface area contributed by atoms with E-state index < -0.39 is 16.0 Å². The maximum atomic E-state index is 12.7. The van der Waals surface area contributed by atoms with Crippen LogP contribution in [0, 0.1) is 6.92 Å². The minimum Gasteiger partial charge on any atom is -0.545 e. The van der Waals surface area contributed by atoms with Gasteiger partial charge < -0.3 is 14.8 Å². The maximum absolute atomic E-state index is 12.7. The minimum atomic E-state index is -3.65. The number of carbonyl (C=O) groups is 1. The number of aromatic carboxylic acids is 1. The van der Waals surface area contributed by atoms with Crippen LogP contribution in [-0.2, 0) is 10.0 Å². The Morgan fingerprint density at radius 1 is 1.33 bits per heavy atom. The summed E-state index contributed by atoms with van der Waals surface area (Å²) in [5.74, 6) is -1.37. The first-order valence-electron chi connectivity index (χ1n) is 7.02. The number of carboxylic acid groups (broad SMARTS) is 1. The van der Waals surface area contributed by atoms with E-state index >= 15 is 0 Å². The van der Waals surface area contributed by atoms with Crippen molar-refractivity contribution in [1.29, 1.82) is 0 Å². The average Bonchev–Trinajstić information content (AvgIpc) is 2.47. The molecule has 1 aromatic rings. The van der Waals surface area contributed by atoms with Crippen molar-refractivity contribution in [1.82, 2.24) is 4.31 Å². The first-order valence-corrected chi connectivity index (χ1v) is 8.46. The third-order valence-corrected chi connectivity index (χ3v) is 6.01. The van der Waals surface area contributed by atoms with Gasteiger partial charge in [-0.1, -0.05) is 12.1 Å². The Morgan fingerprint density at radius 2 is 1.95 bits per heavy atom. The molecule has 7 heteroatoms. The molecule has 0 aliphatic carbocycles. The number of quaternary nitrogens is 1. The lowest BCUT2D eigenvalue weighted by molar-refractivity contribution is -0.901. The molecule has 1 aliphatic rings. The van der Waals surface area contributed by atoms with Crippen molar-refractivity contribution >= 4 is 16.0 Å². The van der Waals surface area contributed by atoms with E-state index in [0.29, 0.717) is 18.7 Å². The number of piperazine rings is 1. The van der Waals surface area contributed by atoms with Crippen molar-refractivity contribution < 1.29 is 23.2 Å². The molecule has 6 nitrogen and oxygen atoms in total. The smallest absolute Gasteiger partial charge is 0.243 e. The lowest BCUT2D eigenvalue weighted by Gasteiger charge is -2.31. The molecule has 21 heavy (non-hydrogen) atoms. The molecule has 0 amide bonds. The SMILES string of the molecule is CC[NH+]1CCN(S(=O)(=O)c2cc(C(=O)[O-])ccc2C)CC1. The minimum absolute atomic E-state index is 0.0594. The fourth-order valence-corrected chi connectivity index (χ4v) is 4.23. The van der Waals surface area contributed by atoms with E-state index in [1.54, 1.807) is 6.92 Å². The van der Waals surface area contributed by atoms with Crippen molar-refractivity contribution in [2.75, 3.05) is 32.7 Å². The number of rotatable bonds is 4. The number of likely N-dealkylation sites (N-methyl/N-ethyl adjacent to an activating group) is 1. The standard InChI is InChI=1S/C14H20N2O4S/c1-3-15-6-8-16(9-7-15)21(19,20)13-10-12(14(17)18)5-4-11(13)2/h4-5,10H,3,6-9H2,1-2H3,(H,17,18). The Hall–Kier alpha value is -1.44. The van der Waals surface area contributed by atoms with Crippen molar-refractivity contribution in [2.45, 2.75) is 18.7 Å². The predicted octanol–water partition coefficient (Wildman–Crippen LogP) is -1.73. The Morgan fingerprint density at radius 3 is 2.48 bits per heavy atom. The second-order valence-corrected chi connectivity index (χ2v) is 7.18. The molecule has 2 rings (SSSR count). The summed E-state index contributed by atoms with van der Waals surface area (Å²) in [6.45, 7) is 7.18. The average molecular weight is 312 g/mol. The van der Waals surface area contributed by atoms with Crippen LogP contribution >= 0.6 is 0 Å². The predicted molar refractivity (Wildman–Crippen MR) is 75.5 cm³/mol. The third kappa shape index (κ3) is 3.25. The van der Waals surface area contributed by atoms with E-state index in [-0.39, 0.29) is 10.5 Å². The number of aryl methyl sites for hydroxylation is 1. The maximum Gasteiger partial charge on any atom is 0.243 e. The number of nitrogens with zero attached hydrogens (tertiary/aromatic N) is 1. The topological polar surface area (TPSA) is 82.0 Å². The van der Waals surface area contributed by atoms with E-state index in [4.69, 9.17) is 0 Å². The normalized spacial score (nSPS) is 17.8. The van der Waals surface area contributed by atoms with Gasteiger partial charge in [-0.05, 0) is 31.0 Å². The molecule has 1 saturated heterocycles. The second kappa shape index (κ2) is 6.13. The van der Waals surface area contributed by atoms with E-state index in [1.807, 2.05) is 0 Å². The number of hydrogen-bond donors (Lipinski definition) is 1. The van der Waals surface area contributed by atoms with Gasteiger partial charge in [0.25, 0.3) is 0 Å². The Bertz CT molecular complexity index is 634. The molecule has 0 atom stereocenters. The van der Waals surface area contributed by atoms with Crippen molar-refractivity contribution in [3.63, 3.8) is 0 Å². The van der Waals surface area contributed by atoms with Gasteiger partial charge in [0.2, 0.25) is 10.0 Å². The van der Waals surface area contributed by atoms with Crippen molar-refractivity contribution in [3.8, 4) is 0 Å². The highest BCUT2D eigenvalue weighted by Crippen LogP contribution is 2.21. The molecule has 1 N–H and O–H groups in total. The summed E-state index contributed by atoms with van der Waals surface area (Å²) in [5, 5.41) is 10.9. The lowest BCUT2D eigenvalue weighted by Crippen LogP contribution is -3.14. The van der Waals surface area contributed by atoms with Gasteiger partial charge in [-0.3, -0.25) is 0 Å². The molecular formula is C14H20N2O4S. The summed E-state index contributed by atoms with van der Waals surface area (Å²) in [6.07, 6.45) is 0. The van der Waals surface area contributed by atoms with E-state index in [9.17, 15) is 18.3 Å². The Balaban J connectivity index is 2.32. The van der Waals surface area contributed by atoms with E-state index in [2.05, 4.69) is 6.92 Å². The van der Waals surface area contributed by atoms with Gasteiger partial charge in [-0.25, -0.2) is 8.42 Å². The van der Waals surface area contributed by atoms with Crippen LogP contribution in [0.25, 0.3) is 0 Å². The van der Waals surface area contributed by atoms with Gasteiger partial charge in [0.1, 0.15) is 0 Å². The summed E-state index contributed by atoms with van der Waals surface area (Å²) < 4.78 is 26.8. The summed E-state index contributed by atoms with van der Waals surface area (Å²) in [7, 11) is -3.65. The van der Waals surface area contributed by atoms with E-state index in [0.717, 1.165) is 19.6 Å². The fraction of sp³-hybridized carbons (Fsp3) is 0.500. The first-order chi connectivity index (χ1) is 9.86. The van der Waals surface area contributed by atoms with Crippen LogP contribution in [-0.4, -0.2) is 51.4 Å². The Labute approximate surface area is 125 Å². The molecule has 0 aromatic heterocycles. The molecule has 0 bridgehead atoms. The van der Waals surface area contributed by atoms with Gasteiger partial charge in [0.05, 0.1) is 43.6 Å². The molecular weight excluding hydrogens is 292 g/mol. The highest BCUT2D eigenvalue weighted by Gasteiger charge is 2.30. The Kier molecular flexibility index (Phi) is 4.65. The number of benzene rings is 1. The summed E-state index contributed by atoms with van der Waals surface area (Å²) in [6, 6.07) is 4.06. The lowest BCUT2D eigenvalue weighted by atomic mass is 10.1. The highest BCUT2D eigenvalue weighted by molar-refractivity contribution is 7.89. The van der Waals surface area contributed by atoms with Crippen molar-refractivity contribution in [3.05, 3.63) is 29.3 Å². The zero-order chi connectivity index (χ0) is 15.6. The van der Waals surface area contributed by atoms with Gasteiger partial charge >= 0.3 is 0 Å². The molecule has 1 aromatic carbocycles. The first kappa shape index (κ1) is 15.9. The number of carboxylic acids is 1. The fourth-order valence-electron chi connectivity index (χ4n) is 2.54. The third-order valence-electron chi connectivity index (χ3n) is 3.97. The molecule has 1 heterocycles. The molecule has 116 valence electrons. The van der Waals surface area contributed by atoms with Crippen LogP contribution in [0.1, 0.15) is 22.8 Å². The van der Waals surface area contributed by atoms with Crippen LogP contribution in [0.3, 0.4) is 0 Å². The highest BCUT2D eigenvalue weighted by atomic mass is 32.2. The molecule has 0 saturated carbocycles. The summed E-state index contributed by atoms with van der Waals surface area (Å²) in [5.41, 5.74) is 0.433. The van der Waals surface area contributed by atoms with Crippen LogP contribution in [0.2, 0.25) is 0 Å². The summed E-state index contributed by atoms with van der Waals surface area (Å²) in [4.78, 5) is 12.4. The van der Waals surface area contributed by atoms with Gasteiger partial charge in [-0.2, -0.15) is 4.31 Å². The number of sulfonamides is 1. The molecule has 1 fully saturated rings. The van der Waals surface area contributed by atoms with Gasteiger partial charge in [-0.15, -0.1) is 0 Å². The largest absolute Gasteiger partial charge is 0.545 e. The van der Waals surface area contributed by atoms with Crippen LogP contribution in [0.5, 0.6) is 0 Å². The number of hydrogen-bond acceptors (Lipinski definition) is 4.